The van der Waals surface area contributed by atoms with Gasteiger partial charge in [-0.1, -0.05) is 15.9 Å². The minimum atomic E-state index is 0.310. The van der Waals surface area contributed by atoms with Crippen molar-refractivity contribution < 1.29 is 4.42 Å². The SMILES string of the molecule is [C-]#[N+]c1occc1Br. The number of nitrogens with zero attached hydrogens (tertiary/aromatic N) is 1. The molecule has 8 heavy (non-hydrogen) atoms. The van der Waals surface area contributed by atoms with Crippen molar-refractivity contribution in [2.24, 2.45) is 0 Å². The van der Waals surface area contributed by atoms with Gasteiger partial charge in [-0.3, -0.25) is 0 Å². The fraction of sp³-hybridized carbons (Fsp3) is 0. The number of furan rings is 1. The van der Waals surface area contributed by atoms with Crippen molar-refractivity contribution >= 4 is 21.8 Å². The van der Waals surface area contributed by atoms with E-state index in [1.54, 1.807) is 6.07 Å². The molecule has 0 aromatic carbocycles. The molecular weight excluding hydrogens is 170 g/mol. The van der Waals surface area contributed by atoms with Crippen LogP contribution in [0.1, 0.15) is 0 Å². The summed E-state index contributed by atoms with van der Waals surface area (Å²) in [5.74, 6) is 0.310. The first-order valence-corrected chi connectivity index (χ1v) is 2.74. The molecule has 0 saturated carbocycles. The van der Waals surface area contributed by atoms with Crippen molar-refractivity contribution in [3.05, 3.63) is 28.2 Å². The zero-order valence-electron chi connectivity index (χ0n) is 3.89. The summed E-state index contributed by atoms with van der Waals surface area (Å²) in [5, 5.41) is 0. The number of rotatable bonds is 0. The number of hydrogen-bond donors (Lipinski definition) is 0. The Balaban J connectivity index is 3.15. The molecule has 1 aromatic heterocycles. The standard InChI is InChI=1S/C5H2BrNO/c1-7-5-4(6)2-3-8-5/h2-3H. The minimum Gasteiger partial charge on any atom is -0.486 e. The molecule has 0 aliphatic heterocycles. The molecule has 0 aliphatic rings. The maximum absolute atomic E-state index is 6.50. The molecule has 1 rings (SSSR count). The molecule has 0 atom stereocenters. The smallest absolute Gasteiger partial charge is 0.359 e. The van der Waals surface area contributed by atoms with Crippen molar-refractivity contribution in [3.63, 3.8) is 0 Å². The van der Waals surface area contributed by atoms with Crippen LogP contribution in [0, 0.1) is 6.57 Å². The van der Waals surface area contributed by atoms with Gasteiger partial charge in [0, 0.05) is 0 Å². The third-order valence-corrected chi connectivity index (χ3v) is 1.30. The van der Waals surface area contributed by atoms with Gasteiger partial charge in [0.1, 0.15) is 0 Å². The summed E-state index contributed by atoms with van der Waals surface area (Å²) in [6.07, 6.45) is 1.47. The second-order valence-corrected chi connectivity index (χ2v) is 2.04. The van der Waals surface area contributed by atoms with E-state index in [2.05, 4.69) is 20.8 Å². The van der Waals surface area contributed by atoms with Crippen LogP contribution in [0.4, 0.5) is 5.88 Å². The molecule has 2 nitrogen and oxygen atoms in total. The summed E-state index contributed by atoms with van der Waals surface area (Å²) in [4.78, 5) is 3.07. The van der Waals surface area contributed by atoms with Gasteiger partial charge in [0.25, 0.3) is 0 Å². The van der Waals surface area contributed by atoms with Gasteiger partial charge < -0.3 is 4.42 Å². The monoisotopic (exact) mass is 171 g/mol. The third-order valence-electron chi connectivity index (χ3n) is 0.700. The van der Waals surface area contributed by atoms with E-state index in [9.17, 15) is 0 Å². The van der Waals surface area contributed by atoms with Gasteiger partial charge in [-0.2, -0.15) is 4.85 Å². The van der Waals surface area contributed by atoms with E-state index >= 15 is 0 Å². The normalized spacial score (nSPS) is 8.50. The lowest BCUT2D eigenvalue weighted by Gasteiger charge is -1.74. The maximum atomic E-state index is 6.50. The second-order valence-electron chi connectivity index (χ2n) is 1.19. The molecule has 0 radical (unpaired) electrons. The largest absolute Gasteiger partial charge is 0.486 e. The molecule has 0 N–H and O–H groups in total. The van der Waals surface area contributed by atoms with Gasteiger partial charge >= 0.3 is 5.88 Å². The second kappa shape index (κ2) is 2.01. The molecule has 0 spiro atoms. The van der Waals surface area contributed by atoms with Gasteiger partial charge in [-0.15, -0.1) is 0 Å². The lowest BCUT2D eigenvalue weighted by molar-refractivity contribution is 0.591. The molecular formula is C5H2BrNO. The first-order valence-electron chi connectivity index (χ1n) is 1.95. The zero-order valence-corrected chi connectivity index (χ0v) is 5.47. The highest BCUT2D eigenvalue weighted by Gasteiger charge is 1.98. The Bertz CT molecular complexity index is 223. The van der Waals surface area contributed by atoms with Crippen LogP contribution in [0.15, 0.2) is 21.2 Å². The molecule has 40 valence electrons. The van der Waals surface area contributed by atoms with Crippen LogP contribution in [-0.2, 0) is 0 Å². The molecule has 0 unspecified atom stereocenters. The zero-order chi connectivity index (χ0) is 5.98. The van der Waals surface area contributed by atoms with Crippen LogP contribution in [0.2, 0.25) is 0 Å². The predicted molar refractivity (Wildman–Crippen MR) is 32.7 cm³/mol. The molecule has 1 heterocycles. The van der Waals surface area contributed by atoms with Crippen LogP contribution < -0.4 is 0 Å². The number of hydrogen-bond acceptors (Lipinski definition) is 1. The predicted octanol–water partition coefficient (Wildman–Crippen LogP) is 2.59. The van der Waals surface area contributed by atoms with Crippen molar-refractivity contribution in [2.45, 2.75) is 0 Å². The van der Waals surface area contributed by atoms with E-state index in [0.29, 0.717) is 10.4 Å². The van der Waals surface area contributed by atoms with Gasteiger partial charge in [0.05, 0.1) is 17.3 Å². The molecule has 0 fully saturated rings. The Morgan fingerprint density at radius 3 is 2.75 bits per heavy atom. The van der Waals surface area contributed by atoms with Crippen molar-refractivity contribution in [1.29, 1.82) is 0 Å². The van der Waals surface area contributed by atoms with Crippen molar-refractivity contribution in [1.82, 2.24) is 0 Å². The highest BCUT2D eigenvalue weighted by atomic mass is 79.9. The van der Waals surface area contributed by atoms with Crippen LogP contribution in [0.25, 0.3) is 4.85 Å². The van der Waals surface area contributed by atoms with Crippen LogP contribution in [0.3, 0.4) is 0 Å². The first-order chi connectivity index (χ1) is 3.84. The Morgan fingerprint density at radius 2 is 2.50 bits per heavy atom. The Morgan fingerprint density at radius 1 is 1.75 bits per heavy atom. The van der Waals surface area contributed by atoms with Gasteiger partial charge in [0.2, 0.25) is 0 Å². The molecule has 0 bridgehead atoms. The summed E-state index contributed by atoms with van der Waals surface area (Å²) in [5.41, 5.74) is 0. The van der Waals surface area contributed by atoms with Crippen LogP contribution >= 0.6 is 15.9 Å². The molecule has 3 heteroatoms. The molecule has 0 amide bonds. The summed E-state index contributed by atoms with van der Waals surface area (Å²) in [6, 6.07) is 1.69. The lowest BCUT2D eigenvalue weighted by Crippen LogP contribution is -1.45. The molecule has 0 saturated heterocycles. The average molecular weight is 172 g/mol. The van der Waals surface area contributed by atoms with Gasteiger partial charge in [0.15, 0.2) is 0 Å². The molecule has 1 aromatic rings. The van der Waals surface area contributed by atoms with Crippen LogP contribution in [0.5, 0.6) is 0 Å². The topological polar surface area (TPSA) is 17.5 Å². The molecule has 0 aliphatic carbocycles. The summed E-state index contributed by atoms with van der Waals surface area (Å²) >= 11 is 3.12. The lowest BCUT2D eigenvalue weighted by atomic mass is 10.6. The van der Waals surface area contributed by atoms with Gasteiger partial charge in [-0.25, -0.2) is 0 Å². The Labute approximate surface area is 55.1 Å². The summed E-state index contributed by atoms with van der Waals surface area (Å²) in [7, 11) is 0. The Hall–Kier alpha value is -0.750. The quantitative estimate of drug-likeness (QED) is 0.549. The van der Waals surface area contributed by atoms with Crippen molar-refractivity contribution in [3.8, 4) is 0 Å². The summed E-state index contributed by atoms with van der Waals surface area (Å²) < 4.78 is 5.43. The van der Waals surface area contributed by atoms with Crippen molar-refractivity contribution in [2.75, 3.05) is 0 Å². The fourth-order valence-corrected chi connectivity index (χ4v) is 0.656. The van der Waals surface area contributed by atoms with E-state index in [4.69, 9.17) is 11.0 Å². The first kappa shape index (κ1) is 5.39. The maximum Gasteiger partial charge on any atom is 0.359 e. The van der Waals surface area contributed by atoms with Gasteiger partial charge in [-0.05, 0) is 6.07 Å². The van der Waals surface area contributed by atoms with E-state index in [-0.39, 0.29) is 0 Å². The van der Waals surface area contributed by atoms with E-state index < -0.39 is 0 Å². The third kappa shape index (κ3) is 0.749. The minimum absolute atomic E-state index is 0.310. The van der Waals surface area contributed by atoms with E-state index in [0.717, 1.165) is 0 Å². The highest BCUT2D eigenvalue weighted by molar-refractivity contribution is 9.10. The van der Waals surface area contributed by atoms with E-state index in [1.807, 2.05) is 0 Å². The summed E-state index contributed by atoms with van der Waals surface area (Å²) in [6.45, 7) is 6.50. The van der Waals surface area contributed by atoms with Crippen LogP contribution in [-0.4, -0.2) is 0 Å². The highest BCUT2D eigenvalue weighted by Crippen LogP contribution is 2.25. The average Bonchev–Trinajstić information content (AvgIpc) is 2.14. The fourth-order valence-electron chi connectivity index (χ4n) is 0.366. The number of halogens is 1. The Kier molecular flexibility index (Phi) is 1.36. The van der Waals surface area contributed by atoms with E-state index in [1.165, 1.54) is 6.26 Å².